The molecule has 0 spiro atoms. The molecule has 2 rings (SSSR count). The first kappa shape index (κ1) is 23.1. The number of thiazole rings is 1. The number of rotatable bonds is 7. The van der Waals surface area contributed by atoms with Crippen LogP contribution in [0.4, 0.5) is 0 Å². The van der Waals surface area contributed by atoms with Crippen molar-refractivity contribution in [2.24, 2.45) is 4.99 Å². The minimum absolute atomic E-state index is 0. The van der Waals surface area contributed by atoms with Gasteiger partial charge < -0.3 is 15.5 Å². The van der Waals surface area contributed by atoms with Gasteiger partial charge in [0.25, 0.3) is 0 Å². The highest BCUT2D eigenvalue weighted by Gasteiger charge is 2.14. The van der Waals surface area contributed by atoms with Gasteiger partial charge in [0.1, 0.15) is 0 Å². The molecule has 5 nitrogen and oxygen atoms in total. The number of halogens is 2. The number of aryl methyl sites for hydroxylation is 1. The number of hydrogen-bond donors (Lipinski definition) is 2. The Labute approximate surface area is 182 Å². The van der Waals surface area contributed by atoms with Gasteiger partial charge in [-0.15, -0.1) is 35.3 Å². The number of nitrogens with one attached hydrogen (secondary N) is 2. The van der Waals surface area contributed by atoms with Crippen LogP contribution in [0.5, 0.6) is 0 Å². The number of guanidine groups is 1. The van der Waals surface area contributed by atoms with E-state index in [1.54, 1.807) is 18.4 Å². The van der Waals surface area contributed by atoms with Crippen molar-refractivity contribution in [1.29, 1.82) is 0 Å². The third-order valence-electron chi connectivity index (χ3n) is 3.90. The minimum Gasteiger partial charge on any atom is -0.356 e. The van der Waals surface area contributed by atoms with E-state index in [0.29, 0.717) is 0 Å². The monoisotopic (exact) mass is 507 g/mol. The van der Waals surface area contributed by atoms with Crippen LogP contribution in [-0.2, 0) is 6.42 Å². The summed E-state index contributed by atoms with van der Waals surface area (Å²) in [5.74, 6) is 0.799. The van der Waals surface area contributed by atoms with Crippen molar-refractivity contribution in [2.75, 3.05) is 34.2 Å². The van der Waals surface area contributed by atoms with Crippen molar-refractivity contribution in [3.05, 3.63) is 50.9 Å². The van der Waals surface area contributed by atoms with Gasteiger partial charge in [-0.1, -0.05) is 23.7 Å². The first-order valence-corrected chi connectivity index (χ1v) is 9.52. The Bertz CT molecular complexity index is 687. The molecule has 1 heterocycles. The van der Waals surface area contributed by atoms with Crippen LogP contribution in [0.2, 0.25) is 5.02 Å². The topological polar surface area (TPSA) is 52.6 Å². The lowest BCUT2D eigenvalue weighted by Gasteiger charge is -2.26. The molecule has 8 heteroatoms. The van der Waals surface area contributed by atoms with Gasteiger partial charge in [0.15, 0.2) is 5.96 Å². The molecule has 1 unspecified atom stereocenters. The van der Waals surface area contributed by atoms with Crippen LogP contribution in [0.15, 0.2) is 34.6 Å². The molecule has 0 aliphatic rings. The fourth-order valence-corrected chi connectivity index (χ4v) is 3.30. The zero-order valence-electron chi connectivity index (χ0n) is 15.6. The van der Waals surface area contributed by atoms with Gasteiger partial charge in [0.2, 0.25) is 0 Å². The molecule has 0 aliphatic heterocycles. The van der Waals surface area contributed by atoms with E-state index in [1.165, 1.54) is 5.56 Å². The maximum Gasteiger partial charge on any atom is 0.191 e. The number of nitrogens with zero attached hydrogens (tertiary/aromatic N) is 3. The standard InChI is InChI=1S/C18H26ClN5S.HI/c1-13-23-16(12-25-13)9-10-21-18(20-2)22-11-17(24(3)4)14-5-7-15(19)8-6-14;/h5-8,12,17H,9-11H2,1-4H3,(H2,20,21,22);1H. The Hall–Kier alpha value is -0.900. The molecule has 0 aliphatic carbocycles. The van der Waals surface area contributed by atoms with Crippen LogP contribution in [0.3, 0.4) is 0 Å². The Balaban J connectivity index is 0.00000338. The smallest absolute Gasteiger partial charge is 0.191 e. The van der Waals surface area contributed by atoms with Crippen molar-refractivity contribution in [1.82, 2.24) is 20.5 Å². The quantitative estimate of drug-likeness (QED) is 0.341. The van der Waals surface area contributed by atoms with Gasteiger partial charge in [0.05, 0.1) is 16.7 Å². The zero-order valence-corrected chi connectivity index (χ0v) is 19.5. The first-order valence-electron chi connectivity index (χ1n) is 8.27. The second-order valence-electron chi connectivity index (χ2n) is 6.02. The second-order valence-corrected chi connectivity index (χ2v) is 7.52. The van der Waals surface area contributed by atoms with Crippen LogP contribution < -0.4 is 10.6 Å². The number of aliphatic imine (C=N–C) groups is 1. The first-order chi connectivity index (χ1) is 12.0. The summed E-state index contributed by atoms with van der Waals surface area (Å²) in [6.45, 7) is 3.58. The number of benzene rings is 1. The van der Waals surface area contributed by atoms with Crippen LogP contribution >= 0.6 is 46.9 Å². The molecule has 0 radical (unpaired) electrons. The lowest BCUT2D eigenvalue weighted by molar-refractivity contribution is 0.298. The van der Waals surface area contributed by atoms with E-state index in [1.807, 2.05) is 19.1 Å². The van der Waals surface area contributed by atoms with Gasteiger partial charge in [0, 0.05) is 37.0 Å². The molecule has 0 amide bonds. The van der Waals surface area contributed by atoms with Gasteiger partial charge >= 0.3 is 0 Å². The molecule has 1 aromatic carbocycles. The summed E-state index contributed by atoms with van der Waals surface area (Å²) >= 11 is 7.68. The van der Waals surface area contributed by atoms with Gasteiger partial charge in [-0.05, 0) is 38.7 Å². The van der Waals surface area contributed by atoms with Crippen molar-refractivity contribution in [3.63, 3.8) is 0 Å². The summed E-state index contributed by atoms with van der Waals surface area (Å²) in [5.41, 5.74) is 2.34. The zero-order chi connectivity index (χ0) is 18.2. The fourth-order valence-electron chi connectivity index (χ4n) is 2.53. The predicted octanol–water partition coefficient (Wildman–Crippen LogP) is 3.73. The normalized spacial score (nSPS) is 12.6. The summed E-state index contributed by atoms with van der Waals surface area (Å²) < 4.78 is 0. The van der Waals surface area contributed by atoms with Crippen molar-refractivity contribution < 1.29 is 0 Å². The molecule has 26 heavy (non-hydrogen) atoms. The van der Waals surface area contributed by atoms with Crippen LogP contribution in [-0.4, -0.2) is 50.1 Å². The van der Waals surface area contributed by atoms with Gasteiger partial charge in [-0.3, -0.25) is 4.99 Å². The molecular weight excluding hydrogens is 481 g/mol. The molecule has 0 fully saturated rings. The molecule has 2 N–H and O–H groups in total. The maximum absolute atomic E-state index is 5.99. The lowest BCUT2D eigenvalue weighted by atomic mass is 10.1. The molecule has 144 valence electrons. The van der Waals surface area contributed by atoms with E-state index >= 15 is 0 Å². The average Bonchev–Trinajstić information content (AvgIpc) is 3.00. The minimum atomic E-state index is 0. The highest BCUT2D eigenvalue weighted by atomic mass is 127. The van der Waals surface area contributed by atoms with E-state index in [4.69, 9.17) is 11.6 Å². The summed E-state index contributed by atoms with van der Waals surface area (Å²) in [6.07, 6.45) is 0.888. The Morgan fingerprint density at radius 2 is 1.96 bits per heavy atom. The SMILES string of the molecule is CN=C(NCCc1csc(C)n1)NCC(c1ccc(Cl)cc1)N(C)C.I. The highest BCUT2D eigenvalue weighted by molar-refractivity contribution is 14.0. The molecule has 0 saturated heterocycles. The van der Waals surface area contributed by atoms with E-state index in [2.05, 4.69) is 57.1 Å². The Morgan fingerprint density at radius 1 is 1.27 bits per heavy atom. The molecule has 1 aromatic heterocycles. The van der Waals surface area contributed by atoms with Crippen LogP contribution in [0.25, 0.3) is 0 Å². The third kappa shape index (κ3) is 7.38. The molecular formula is C18H27ClIN5S. The third-order valence-corrected chi connectivity index (χ3v) is 4.98. The Kier molecular flexibility index (Phi) is 10.4. The number of likely N-dealkylation sites (N-methyl/N-ethyl adjacent to an activating group) is 1. The number of aromatic nitrogens is 1. The predicted molar refractivity (Wildman–Crippen MR) is 123 cm³/mol. The summed E-state index contributed by atoms with van der Waals surface area (Å²) in [4.78, 5) is 11.0. The van der Waals surface area contributed by atoms with Gasteiger partial charge in [-0.2, -0.15) is 0 Å². The summed E-state index contributed by atoms with van der Waals surface area (Å²) in [7, 11) is 5.93. The van der Waals surface area contributed by atoms with E-state index in [9.17, 15) is 0 Å². The second kappa shape index (κ2) is 11.7. The van der Waals surface area contributed by atoms with E-state index in [0.717, 1.165) is 41.2 Å². The largest absolute Gasteiger partial charge is 0.356 e. The molecule has 2 aromatic rings. The average molecular weight is 508 g/mol. The Morgan fingerprint density at radius 3 is 2.50 bits per heavy atom. The van der Waals surface area contributed by atoms with E-state index < -0.39 is 0 Å². The van der Waals surface area contributed by atoms with Crippen molar-refractivity contribution in [2.45, 2.75) is 19.4 Å². The summed E-state index contributed by atoms with van der Waals surface area (Å²) in [6, 6.07) is 8.22. The van der Waals surface area contributed by atoms with E-state index in [-0.39, 0.29) is 30.0 Å². The van der Waals surface area contributed by atoms with Gasteiger partial charge in [-0.25, -0.2) is 4.98 Å². The van der Waals surface area contributed by atoms with Crippen molar-refractivity contribution >= 4 is 52.9 Å². The molecule has 0 saturated carbocycles. The summed E-state index contributed by atoms with van der Waals surface area (Å²) in [5, 5.41) is 10.7. The highest BCUT2D eigenvalue weighted by Crippen LogP contribution is 2.19. The van der Waals surface area contributed by atoms with Crippen LogP contribution in [0, 0.1) is 6.92 Å². The molecule has 1 atom stereocenters. The number of hydrogen-bond acceptors (Lipinski definition) is 4. The fraction of sp³-hybridized carbons (Fsp3) is 0.444. The molecule has 0 bridgehead atoms. The van der Waals surface area contributed by atoms with Crippen molar-refractivity contribution in [3.8, 4) is 0 Å². The van der Waals surface area contributed by atoms with Crippen LogP contribution in [0.1, 0.15) is 22.3 Å². The maximum atomic E-state index is 5.99. The lowest BCUT2D eigenvalue weighted by Crippen LogP contribution is -2.42.